The Labute approximate surface area is 89.0 Å². The Morgan fingerprint density at radius 1 is 1.60 bits per heavy atom. The Balaban J connectivity index is 1.83. The van der Waals surface area contributed by atoms with Crippen LogP contribution in [-0.2, 0) is 11.2 Å². The molecule has 2 heterocycles. The quantitative estimate of drug-likeness (QED) is 0.789. The van der Waals surface area contributed by atoms with Crippen LogP contribution < -0.4 is 5.73 Å². The topological polar surface area (TPSA) is 59.5 Å². The minimum atomic E-state index is 0.219. The van der Waals surface area contributed by atoms with Crippen molar-refractivity contribution in [2.75, 3.05) is 19.6 Å². The molecule has 2 rings (SSSR count). The summed E-state index contributed by atoms with van der Waals surface area (Å²) in [5.74, 6) is 1.49. The molecule has 1 aromatic rings. The first-order valence-electron chi connectivity index (χ1n) is 5.30. The summed E-state index contributed by atoms with van der Waals surface area (Å²) in [6.07, 6.45) is 3.05. The molecule has 1 unspecified atom stereocenters. The van der Waals surface area contributed by atoms with E-state index in [0.717, 1.165) is 25.3 Å². The first-order valence-corrected chi connectivity index (χ1v) is 5.30. The lowest BCUT2D eigenvalue weighted by molar-refractivity contribution is -0.127. The zero-order valence-corrected chi connectivity index (χ0v) is 8.69. The molecule has 0 spiro atoms. The van der Waals surface area contributed by atoms with E-state index in [1.165, 1.54) is 0 Å². The van der Waals surface area contributed by atoms with Gasteiger partial charge in [-0.25, -0.2) is 0 Å². The van der Waals surface area contributed by atoms with Crippen LogP contribution >= 0.6 is 0 Å². The van der Waals surface area contributed by atoms with Gasteiger partial charge in [0, 0.05) is 25.9 Å². The second kappa shape index (κ2) is 4.49. The van der Waals surface area contributed by atoms with Crippen molar-refractivity contribution in [3.05, 3.63) is 24.2 Å². The zero-order valence-electron chi connectivity index (χ0n) is 8.69. The maximum atomic E-state index is 11.5. The Bertz CT molecular complexity index is 321. The van der Waals surface area contributed by atoms with E-state index < -0.39 is 0 Å². The maximum absolute atomic E-state index is 11.5. The molecule has 2 N–H and O–H groups in total. The highest BCUT2D eigenvalue weighted by molar-refractivity contribution is 5.78. The third-order valence-corrected chi connectivity index (χ3v) is 2.84. The predicted octanol–water partition coefficient (Wildman–Crippen LogP) is 0.629. The van der Waals surface area contributed by atoms with Crippen molar-refractivity contribution in [2.45, 2.75) is 12.8 Å². The van der Waals surface area contributed by atoms with Crippen molar-refractivity contribution in [3.8, 4) is 0 Å². The van der Waals surface area contributed by atoms with Gasteiger partial charge in [-0.05, 0) is 24.6 Å². The summed E-state index contributed by atoms with van der Waals surface area (Å²) >= 11 is 0. The van der Waals surface area contributed by atoms with Crippen LogP contribution in [0.25, 0.3) is 0 Å². The van der Waals surface area contributed by atoms with Gasteiger partial charge in [-0.3, -0.25) is 4.79 Å². The summed E-state index contributed by atoms with van der Waals surface area (Å²) in [5, 5.41) is 0. The molecule has 0 bridgehead atoms. The van der Waals surface area contributed by atoms with Crippen LogP contribution in [0.2, 0.25) is 0 Å². The highest BCUT2D eigenvalue weighted by Gasteiger charge is 2.27. The van der Waals surface area contributed by atoms with Gasteiger partial charge in [-0.1, -0.05) is 0 Å². The molecule has 1 atom stereocenters. The molecule has 4 nitrogen and oxygen atoms in total. The molecule has 1 aliphatic rings. The summed E-state index contributed by atoms with van der Waals surface area (Å²) in [7, 11) is 0. The van der Waals surface area contributed by atoms with Gasteiger partial charge in [-0.2, -0.15) is 0 Å². The largest absolute Gasteiger partial charge is 0.469 e. The van der Waals surface area contributed by atoms with Crippen molar-refractivity contribution < 1.29 is 9.21 Å². The van der Waals surface area contributed by atoms with Gasteiger partial charge in [-0.15, -0.1) is 0 Å². The van der Waals surface area contributed by atoms with Crippen LogP contribution in [0.4, 0.5) is 0 Å². The molecule has 1 aliphatic heterocycles. The molecule has 0 aliphatic carbocycles. The van der Waals surface area contributed by atoms with Gasteiger partial charge in [0.2, 0.25) is 5.91 Å². The van der Waals surface area contributed by atoms with E-state index in [1.807, 2.05) is 17.0 Å². The summed E-state index contributed by atoms with van der Waals surface area (Å²) in [4.78, 5) is 13.4. The lowest BCUT2D eigenvalue weighted by Crippen LogP contribution is -2.28. The number of hydrogen-bond acceptors (Lipinski definition) is 3. The lowest BCUT2D eigenvalue weighted by Gasteiger charge is -2.15. The number of rotatable bonds is 4. The summed E-state index contributed by atoms with van der Waals surface area (Å²) in [5.41, 5.74) is 5.55. The van der Waals surface area contributed by atoms with Crippen LogP contribution in [0.1, 0.15) is 12.2 Å². The van der Waals surface area contributed by atoms with E-state index in [9.17, 15) is 4.79 Å². The molecular weight excluding hydrogens is 192 g/mol. The van der Waals surface area contributed by atoms with Crippen LogP contribution in [0.5, 0.6) is 0 Å². The number of carbonyl (C=O) groups is 1. The molecule has 0 radical (unpaired) electrons. The molecule has 4 heteroatoms. The van der Waals surface area contributed by atoms with Crippen molar-refractivity contribution in [3.63, 3.8) is 0 Å². The third kappa shape index (κ3) is 2.39. The highest BCUT2D eigenvalue weighted by Crippen LogP contribution is 2.16. The predicted molar refractivity (Wildman–Crippen MR) is 56.2 cm³/mol. The van der Waals surface area contributed by atoms with E-state index in [2.05, 4.69) is 0 Å². The minimum Gasteiger partial charge on any atom is -0.469 e. The van der Waals surface area contributed by atoms with Crippen molar-refractivity contribution >= 4 is 5.91 Å². The smallest absolute Gasteiger partial charge is 0.222 e. The summed E-state index contributed by atoms with van der Waals surface area (Å²) in [6.45, 7) is 2.14. The van der Waals surface area contributed by atoms with Crippen LogP contribution in [-0.4, -0.2) is 30.4 Å². The number of furan rings is 1. The molecule has 1 fully saturated rings. The molecule has 1 saturated heterocycles. The Morgan fingerprint density at radius 3 is 3.07 bits per heavy atom. The number of hydrogen-bond donors (Lipinski definition) is 1. The number of likely N-dealkylation sites (tertiary alicyclic amines) is 1. The fourth-order valence-corrected chi connectivity index (χ4v) is 1.93. The van der Waals surface area contributed by atoms with Gasteiger partial charge < -0.3 is 15.1 Å². The van der Waals surface area contributed by atoms with Gasteiger partial charge >= 0.3 is 0 Å². The molecule has 0 saturated carbocycles. The Kier molecular flexibility index (Phi) is 3.06. The van der Waals surface area contributed by atoms with Crippen LogP contribution in [0.3, 0.4) is 0 Å². The van der Waals surface area contributed by atoms with E-state index in [-0.39, 0.29) is 5.91 Å². The van der Waals surface area contributed by atoms with E-state index in [4.69, 9.17) is 10.2 Å². The van der Waals surface area contributed by atoms with Crippen molar-refractivity contribution in [1.82, 2.24) is 4.90 Å². The second-order valence-electron chi connectivity index (χ2n) is 3.97. The molecule has 82 valence electrons. The third-order valence-electron chi connectivity index (χ3n) is 2.84. The van der Waals surface area contributed by atoms with E-state index in [0.29, 0.717) is 18.9 Å². The number of nitrogens with two attached hydrogens (primary N) is 1. The monoisotopic (exact) mass is 208 g/mol. The van der Waals surface area contributed by atoms with Crippen LogP contribution in [0.15, 0.2) is 22.8 Å². The Morgan fingerprint density at radius 2 is 2.47 bits per heavy atom. The van der Waals surface area contributed by atoms with E-state index >= 15 is 0 Å². The molecule has 1 aromatic heterocycles. The zero-order chi connectivity index (χ0) is 10.7. The number of amides is 1. The fourth-order valence-electron chi connectivity index (χ4n) is 1.93. The van der Waals surface area contributed by atoms with Gasteiger partial charge in [0.15, 0.2) is 0 Å². The fraction of sp³-hybridized carbons (Fsp3) is 0.545. The number of nitrogens with zero attached hydrogens (tertiary/aromatic N) is 1. The summed E-state index contributed by atoms with van der Waals surface area (Å²) in [6, 6.07) is 3.80. The molecule has 15 heavy (non-hydrogen) atoms. The highest BCUT2D eigenvalue weighted by atomic mass is 16.3. The maximum Gasteiger partial charge on any atom is 0.222 e. The van der Waals surface area contributed by atoms with Crippen molar-refractivity contribution in [2.24, 2.45) is 11.7 Å². The van der Waals surface area contributed by atoms with Gasteiger partial charge in [0.1, 0.15) is 5.76 Å². The van der Waals surface area contributed by atoms with E-state index in [1.54, 1.807) is 6.26 Å². The molecule has 1 amide bonds. The normalized spacial score (nSPS) is 21.3. The van der Waals surface area contributed by atoms with Gasteiger partial charge in [0.05, 0.1) is 6.26 Å². The number of carbonyl (C=O) groups excluding carboxylic acids is 1. The average Bonchev–Trinajstić information content (AvgIpc) is 2.84. The summed E-state index contributed by atoms with van der Waals surface area (Å²) < 4.78 is 5.22. The van der Waals surface area contributed by atoms with Gasteiger partial charge in [0.25, 0.3) is 0 Å². The second-order valence-corrected chi connectivity index (χ2v) is 3.97. The molecule has 0 aromatic carbocycles. The lowest BCUT2D eigenvalue weighted by atomic mass is 10.1. The Hall–Kier alpha value is -1.29. The minimum absolute atomic E-state index is 0.219. The molecular formula is C11H16N2O2. The van der Waals surface area contributed by atoms with Crippen LogP contribution in [0, 0.1) is 5.92 Å². The average molecular weight is 208 g/mol. The standard InChI is InChI=1S/C11H16N2O2/c12-7-9-6-11(14)13(8-9)4-3-10-2-1-5-15-10/h1-2,5,9H,3-4,6-8,12H2. The SMILES string of the molecule is NCC1CC(=O)N(CCc2ccco2)C1. The van der Waals surface area contributed by atoms with Crippen molar-refractivity contribution in [1.29, 1.82) is 0 Å². The first-order chi connectivity index (χ1) is 7.29. The first kappa shape index (κ1) is 10.2.